The number of nitrogens with zero attached hydrogens (tertiary/aromatic N) is 2. The summed E-state index contributed by atoms with van der Waals surface area (Å²) < 4.78 is 0. The molecular formula is C21H24N2O5. The number of carbonyl (C=O) groups is 1. The topological polar surface area (TPSA) is 102 Å². The van der Waals surface area contributed by atoms with Gasteiger partial charge in [-0.3, -0.25) is 14.9 Å². The van der Waals surface area contributed by atoms with Crippen molar-refractivity contribution in [1.29, 1.82) is 0 Å². The summed E-state index contributed by atoms with van der Waals surface area (Å²) in [5.41, 5.74) is 1.06. The number of carbonyl (C=O) groups excluding carboxylic acids is 1. The maximum absolute atomic E-state index is 12.4. The summed E-state index contributed by atoms with van der Waals surface area (Å²) in [6, 6.07) is 11.6. The third-order valence-corrected chi connectivity index (χ3v) is 3.70. The van der Waals surface area contributed by atoms with Gasteiger partial charge in [-0.15, -0.1) is 13.2 Å². The van der Waals surface area contributed by atoms with Crippen molar-refractivity contribution in [1.82, 2.24) is 0 Å². The zero-order chi connectivity index (χ0) is 20.9. The number of benzene rings is 2. The predicted octanol–water partition coefficient (Wildman–Crippen LogP) is 5.30. The normalized spacial score (nSPS) is 10.5. The second kappa shape index (κ2) is 12.0. The van der Waals surface area contributed by atoms with E-state index in [1.165, 1.54) is 36.4 Å². The van der Waals surface area contributed by atoms with E-state index in [2.05, 4.69) is 18.3 Å². The van der Waals surface area contributed by atoms with Crippen molar-refractivity contribution in [2.24, 2.45) is 5.16 Å². The Morgan fingerprint density at radius 2 is 1.75 bits per heavy atom. The van der Waals surface area contributed by atoms with Crippen LogP contribution in [0.25, 0.3) is 0 Å². The summed E-state index contributed by atoms with van der Waals surface area (Å²) in [5, 5.41) is 24.0. The molecule has 2 aromatic rings. The van der Waals surface area contributed by atoms with Crippen LogP contribution in [0, 0.1) is 10.1 Å². The van der Waals surface area contributed by atoms with E-state index in [-0.39, 0.29) is 23.6 Å². The molecule has 0 aliphatic rings. The molecule has 0 radical (unpaired) electrons. The number of rotatable bonds is 9. The molecule has 0 atom stereocenters. The molecule has 0 aliphatic carbocycles. The Morgan fingerprint density at radius 1 is 1.14 bits per heavy atom. The molecule has 0 aliphatic heterocycles. The van der Waals surface area contributed by atoms with Gasteiger partial charge in [0.1, 0.15) is 5.75 Å². The molecule has 0 saturated heterocycles. The predicted molar refractivity (Wildman–Crippen MR) is 109 cm³/mol. The number of nitro benzene ring substituents is 1. The first kappa shape index (κ1) is 22.6. The number of oxime groups is 1. The smallest absolute Gasteiger partial charge is 0.269 e. The van der Waals surface area contributed by atoms with Crippen molar-refractivity contribution < 1.29 is 19.7 Å². The lowest BCUT2D eigenvalue weighted by Gasteiger charge is -2.06. The largest absolute Gasteiger partial charge is 0.508 e. The molecule has 0 aromatic heterocycles. The van der Waals surface area contributed by atoms with Crippen LogP contribution in [0.2, 0.25) is 0 Å². The lowest BCUT2D eigenvalue weighted by atomic mass is 10.0. The van der Waals surface area contributed by atoms with Crippen molar-refractivity contribution >= 4 is 17.2 Å². The average Bonchev–Trinajstić information content (AvgIpc) is 2.72. The zero-order valence-electron chi connectivity index (χ0n) is 15.8. The van der Waals surface area contributed by atoms with Gasteiger partial charge >= 0.3 is 0 Å². The lowest BCUT2D eigenvalue weighted by Crippen LogP contribution is -2.10. The number of aromatic hydroxyl groups is 1. The molecule has 0 fully saturated rings. The van der Waals surface area contributed by atoms with Gasteiger partial charge in [0, 0.05) is 17.7 Å². The number of phenolic OH excluding ortho intramolecular Hbond substituents is 1. The first-order valence-corrected chi connectivity index (χ1v) is 8.79. The van der Waals surface area contributed by atoms with Crippen molar-refractivity contribution in [3.63, 3.8) is 0 Å². The van der Waals surface area contributed by atoms with Crippen molar-refractivity contribution in [3.05, 3.63) is 77.4 Å². The molecule has 2 rings (SSSR count). The first-order chi connectivity index (χ1) is 13.5. The van der Waals surface area contributed by atoms with Crippen LogP contribution in [-0.4, -0.2) is 21.5 Å². The molecule has 7 nitrogen and oxygen atoms in total. The minimum atomic E-state index is -0.490. The molecule has 0 unspecified atom stereocenters. The average molecular weight is 384 g/mol. The van der Waals surface area contributed by atoms with Gasteiger partial charge in [0.15, 0.2) is 11.5 Å². The van der Waals surface area contributed by atoms with Crippen LogP contribution in [0.5, 0.6) is 11.5 Å². The molecule has 0 spiro atoms. The molecule has 0 amide bonds. The Balaban J connectivity index is 0.00000190. The van der Waals surface area contributed by atoms with Gasteiger partial charge in [-0.1, -0.05) is 18.5 Å². The molecule has 2 aromatic carbocycles. The van der Waals surface area contributed by atoms with Gasteiger partial charge in [-0.2, -0.15) is 0 Å². The van der Waals surface area contributed by atoms with Crippen LogP contribution < -0.4 is 4.84 Å². The number of unbranched alkanes of at least 4 members (excludes halogenated alkanes) is 1. The highest BCUT2D eigenvalue weighted by molar-refractivity contribution is 6.09. The number of nitro groups is 1. The lowest BCUT2D eigenvalue weighted by molar-refractivity contribution is -0.384. The van der Waals surface area contributed by atoms with E-state index in [1.807, 2.05) is 6.92 Å². The fourth-order valence-electron chi connectivity index (χ4n) is 2.23. The maximum atomic E-state index is 12.4. The molecule has 0 bridgehead atoms. The van der Waals surface area contributed by atoms with E-state index in [4.69, 9.17) is 4.84 Å². The number of hydrogen-bond donors (Lipinski definition) is 1. The molecular weight excluding hydrogens is 360 g/mol. The van der Waals surface area contributed by atoms with Gasteiger partial charge in [-0.25, -0.2) is 0 Å². The van der Waals surface area contributed by atoms with Gasteiger partial charge in [0.25, 0.3) is 5.69 Å². The fraction of sp³-hybridized carbons (Fsp3) is 0.238. The molecule has 148 valence electrons. The summed E-state index contributed by atoms with van der Waals surface area (Å²) in [4.78, 5) is 27.9. The Kier molecular flexibility index (Phi) is 9.67. The molecule has 0 heterocycles. The maximum Gasteiger partial charge on any atom is 0.269 e. The zero-order valence-corrected chi connectivity index (χ0v) is 15.8. The fourth-order valence-corrected chi connectivity index (χ4v) is 2.23. The molecule has 1 N–H and O–H groups in total. The molecule has 7 heteroatoms. The van der Waals surface area contributed by atoms with E-state index < -0.39 is 4.92 Å². The monoisotopic (exact) mass is 384 g/mol. The summed E-state index contributed by atoms with van der Waals surface area (Å²) in [7, 11) is 0. The highest BCUT2D eigenvalue weighted by Gasteiger charge is 2.12. The second-order valence-electron chi connectivity index (χ2n) is 5.75. The summed E-state index contributed by atoms with van der Waals surface area (Å²) in [6.45, 7) is 8.04. The number of hydrogen-bond acceptors (Lipinski definition) is 6. The minimum Gasteiger partial charge on any atom is -0.508 e. The SMILES string of the molecule is C=C.CCCC/C(CC(=O)c1ccc(O)cc1)=N/Oc1ccc([N+](=O)[O-])cc1. The van der Waals surface area contributed by atoms with Crippen LogP contribution in [0.15, 0.2) is 66.8 Å². The highest BCUT2D eigenvalue weighted by atomic mass is 16.6. The third kappa shape index (κ3) is 7.41. The van der Waals surface area contributed by atoms with Gasteiger partial charge < -0.3 is 9.94 Å². The number of ketones is 1. The standard InChI is InChI=1S/C19H20N2O5.C2H4/c1-2-3-4-15(13-19(23)14-5-9-17(22)10-6-14)20-26-18-11-7-16(8-12-18)21(24)25;1-2/h5-12,22H,2-4,13H2,1H3;1-2H2/b20-15-;. The summed E-state index contributed by atoms with van der Waals surface area (Å²) in [6.07, 6.45) is 2.54. The molecule has 28 heavy (non-hydrogen) atoms. The van der Waals surface area contributed by atoms with Gasteiger partial charge in [0.05, 0.1) is 17.1 Å². The van der Waals surface area contributed by atoms with Crippen LogP contribution in [0.3, 0.4) is 0 Å². The van der Waals surface area contributed by atoms with E-state index in [1.54, 1.807) is 12.1 Å². The van der Waals surface area contributed by atoms with E-state index in [9.17, 15) is 20.0 Å². The first-order valence-electron chi connectivity index (χ1n) is 8.79. The highest BCUT2D eigenvalue weighted by Crippen LogP contribution is 2.18. The number of non-ortho nitro benzene ring substituents is 1. The van der Waals surface area contributed by atoms with Crippen molar-refractivity contribution in [3.8, 4) is 11.5 Å². The van der Waals surface area contributed by atoms with Crippen LogP contribution in [0.4, 0.5) is 5.69 Å². The van der Waals surface area contributed by atoms with E-state index >= 15 is 0 Å². The Hall–Kier alpha value is -3.48. The number of Topliss-reactive ketones (excluding diaryl/α,β-unsaturated/α-hetero) is 1. The van der Waals surface area contributed by atoms with Gasteiger partial charge in [-0.05, 0) is 49.2 Å². The van der Waals surface area contributed by atoms with E-state index in [0.29, 0.717) is 23.4 Å². The second-order valence-corrected chi connectivity index (χ2v) is 5.75. The third-order valence-electron chi connectivity index (χ3n) is 3.70. The Labute approximate surface area is 164 Å². The summed E-state index contributed by atoms with van der Waals surface area (Å²) in [5.74, 6) is 0.344. The van der Waals surface area contributed by atoms with Crippen LogP contribution >= 0.6 is 0 Å². The van der Waals surface area contributed by atoms with Crippen molar-refractivity contribution in [2.75, 3.05) is 0 Å². The molecule has 0 saturated carbocycles. The number of phenols is 1. The van der Waals surface area contributed by atoms with Crippen molar-refractivity contribution in [2.45, 2.75) is 32.6 Å². The summed E-state index contributed by atoms with van der Waals surface area (Å²) >= 11 is 0. The van der Waals surface area contributed by atoms with Gasteiger partial charge in [0.2, 0.25) is 0 Å². The quantitative estimate of drug-likeness (QED) is 0.208. The Bertz CT molecular complexity index is 799. The van der Waals surface area contributed by atoms with E-state index in [0.717, 1.165) is 12.8 Å². The van der Waals surface area contributed by atoms with Crippen LogP contribution in [-0.2, 0) is 0 Å². The van der Waals surface area contributed by atoms with Crippen LogP contribution in [0.1, 0.15) is 43.0 Å². The minimum absolute atomic E-state index is 0.0324. The Morgan fingerprint density at radius 3 is 2.29 bits per heavy atom.